The fraction of sp³-hybridized carbons (Fsp3) is 0.316. The first-order valence-electron chi connectivity index (χ1n) is 8.85. The number of benzene rings is 1. The Bertz CT molecular complexity index is 913. The van der Waals surface area contributed by atoms with E-state index in [0.29, 0.717) is 19.0 Å². The number of β-amino-alcohol motifs (C(OH)–C–C–N with tert-alkyl or cyclic N) is 1. The van der Waals surface area contributed by atoms with Crippen molar-refractivity contribution in [3.63, 3.8) is 0 Å². The van der Waals surface area contributed by atoms with E-state index in [1.807, 2.05) is 24.2 Å². The summed E-state index contributed by atoms with van der Waals surface area (Å²) in [7, 11) is 1.92. The molecule has 0 spiro atoms. The molecular formula is C19H21FN6O. The van der Waals surface area contributed by atoms with Crippen LogP contribution in [0.25, 0.3) is 5.69 Å². The highest BCUT2D eigenvalue weighted by Gasteiger charge is 2.22. The largest absolute Gasteiger partial charge is 0.391 e. The number of hydrogen-bond donors (Lipinski definition) is 1. The molecule has 8 heteroatoms. The van der Waals surface area contributed by atoms with Crippen LogP contribution in [0.1, 0.15) is 12.0 Å². The third-order valence-corrected chi connectivity index (χ3v) is 4.60. The lowest BCUT2D eigenvalue weighted by atomic mass is 10.3. The maximum Gasteiger partial charge on any atom is 0.227 e. The highest BCUT2D eigenvalue weighted by Crippen LogP contribution is 2.20. The Labute approximate surface area is 156 Å². The predicted molar refractivity (Wildman–Crippen MR) is 100 cm³/mol. The highest BCUT2D eigenvalue weighted by atomic mass is 19.1. The van der Waals surface area contributed by atoms with Crippen molar-refractivity contribution < 1.29 is 9.50 Å². The van der Waals surface area contributed by atoms with Crippen LogP contribution in [0.3, 0.4) is 0 Å². The molecule has 3 heterocycles. The molecule has 3 aromatic rings. The second-order valence-corrected chi connectivity index (χ2v) is 6.73. The number of aliphatic hydroxyl groups excluding tert-OH is 1. The summed E-state index contributed by atoms with van der Waals surface area (Å²) in [6.07, 6.45) is 5.89. The number of hydrogen-bond acceptors (Lipinski definition) is 6. The lowest BCUT2D eigenvalue weighted by Gasteiger charge is -2.20. The first-order chi connectivity index (χ1) is 13.1. The molecule has 0 unspecified atom stereocenters. The van der Waals surface area contributed by atoms with E-state index in [9.17, 15) is 9.50 Å². The van der Waals surface area contributed by atoms with Crippen molar-refractivity contribution >= 4 is 11.8 Å². The van der Waals surface area contributed by atoms with Gasteiger partial charge in [0.2, 0.25) is 5.95 Å². The monoisotopic (exact) mass is 368 g/mol. The van der Waals surface area contributed by atoms with Crippen molar-refractivity contribution in [1.82, 2.24) is 19.7 Å². The molecule has 1 aliphatic heterocycles. The molecule has 0 saturated carbocycles. The molecule has 1 saturated heterocycles. The second kappa shape index (κ2) is 7.32. The van der Waals surface area contributed by atoms with Gasteiger partial charge in [-0.25, -0.2) is 14.1 Å². The van der Waals surface area contributed by atoms with Crippen molar-refractivity contribution in [2.24, 2.45) is 0 Å². The Morgan fingerprint density at radius 1 is 1.26 bits per heavy atom. The molecule has 0 bridgehead atoms. The Morgan fingerprint density at radius 3 is 2.81 bits per heavy atom. The summed E-state index contributed by atoms with van der Waals surface area (Å²) in [5, 5.41) is 14.1. The molecule has 0 amide bonds. The van der Waals surface area contributed by atoms with Gasteiger partial charge in [0.1, 0.15) is 11.6 Å². The van der Waals surface area contributed by atoms with Crippen molar-refractivity contribution in [3.05, 3.63) is 60.3 Å². The quantitative estimate of drug-likeness (QED) is 0.743. The van der Waals surface area contributed by atoms with E-state index in [0.717, 1.165) is 30.0 Å². The summed E-state index contributed by atoms with van der Waals surface area (Å²) >= 11 is 0. The average Bonchev–Trinajstić information content (AvgIpc) is 3.32. The number of halogens is 1. The van der Waals surface area contributed by atoms with E-state index in [4.69, 9.17) is 0 Å². The van der Waals surface area contributed by atoms with Crippen molar-refractivity contribution in [2.75, 3.05) is 29.9 Å². The minimum Gasteiger partial charge on any atom is -0.391 e. The molecule has 7 nitrogen and oxygen atoms in total. The third-order valence-electron chi connectivity index (χ3n) is 4.60. The van der Waals surface area contributed by atoms with Gasteiger partial charge in [-0.3, -0.25) is 0 Å². The zero-order chi connectivity index (χ0) is 18.8. The molecule has 1 aliphatic rings. The normalized spacial score (nSPS) is 16.7. The lowest BCUT2D eigenvalue weighted by molar-refractivity contribution is 0.198. The number of aromatic nitrogens is 4. The summed E-state index contributed by atoms with van der Waals surface area (Å²) in [5.41, 5.74) is 1.79. The van der Waals surface area contributed by atoms with Gasteiger partial charge in [-0.15, -0.1) is 0 Å². The molecular weight excluding hydrogens is 347 g/mol. The summed E-state index contributed by atoms with van der Waals surface area (Å²) in [5.74, 6) is 1.17. The van der Waals surface area contributed by atoms with Gasteiger partial charge < -0.3 is 14.9 Å². The van der Waals surface area contributed by atoms with Crippen molar-refractivity contribution in [1.29, 1.82) is 0 Å². The zero-order valence-electron chi connectivity index (χ0n) is 15.0. The first-order valence-corrected chi connectivity index (χ1v) is 8.85. The van der Waals surface area contributed by atoms with Gasteiger partial charge in [-0.2, -0.15) is 10.1 Å². The first kappa shape index (κ1) is 17.4. The standard InChI is InChI=1S/C19H21FN6O/c1-24(19-21-8-6-18(23-19)25-9-7-17(27)13-25)11-14-10-22-26(12-14)16-4-2-15(20)3-5-16/h2-6,8,10,12,17,27H,7,9,11,13H2,1H3/t17-/m0/s1. The van der Waals surface area contributed by atoms with E-state index in [2.05, 4.69) is 20.0 Å². The van der Waals surface area contributed by atoms with Crippen LogP contribution in [0.5, 0.6) is 0 Å². The van der Waals surface area contributed by atoms with Crippen LogP contribution in [-0.4, -0.2) is 51.1 Å². The van der Waals surface area contributed by atoms with Crippen LogP contribution in [-0.2, 0) is 6.54 Å². The maximum atomic E-state index is 13.1. The Kier molecular flexibility index (Phi) is 4.72. The predicted octanol–water partition coefficient (Wildman–Crippen LogP) is 2.01. The summed E-state index contributed by atoms with van der Waals surface area (Å²) in [6, 6.07) is 8.07. The zero-order valence-corrected chi connectivity index (χ0v) is 15.0. The molecule has 4 rings (SSSR count). The van der Waals surface area contributed by atoms with Crippen molar-refractivity contribution in [3.8, 4) is 5.69 Å². The van der Waals surface area contributed by atoms with Crippen molar-refractivity contribution in [2.45, 2.75) is 19.1 Å². The maximum absolute atomic E-state index is 13.1. The SMILES string of the molecule is CN(Cc1cnn(-c2ccc(F)cc2)c1)c1nccc(N2CC[C@H](O)C2)n1. The van der Waals surface area contributed by atoms with E-state index in [-0.39, 0.29) is 11.9 Å². The lowest BCUT2D eigenvalue weighted by Crippen LogP contribution is -2.24. The Hall–Kier alpha value is -3.00. The Morgan fingerprint density at radius 2 is 2.07 bits per heavy atom. The third kappa shape index (κ3) is 3.90. The van der Waals surface area contributed by atoms with Gasteiger partial charge in [-0.05, 0) is 36.8 Å². The molecule has 1 aromatic carbocycles. The fourth-order valence-corrected chi connectivity index (χ4v) is 3.17. The summed E-state index contributed by atoms with van der Waals surface area (Å²) in [6.45, 7) is 1.99. The summed E-state index contributed by atoms with van der Waals surface area (Å²) < 4.78 is 14.8. The molecule has 1 atom stereocenters. The van der Waals surface area contributed by atoms with Gasteiger partial charge in [-0.1, -0.05) is 0 Å². The molecule has 0 radical (unpaired) electrons. The number of nitrogens with zero attached hydrogens (tertiary/aromatic N) is 6. The topological polar surface area (TPSA) is 70.3 Å². The summed E-state index contributed by atoms with van der Waals surface area (Å²) in [4.78, 5) is 13.0. The number of rotatable bonds is 5. The van der Waals surface area contributed by atoms with Gasteiger partial charge in [0.15, 0.2) is 0 Å². The van der Waals surface area contributed by atoms with Crippen LogP contribution in [0.2, 0.25) is 0 Å². The Balaban J connectivity index is 1.46. The average molecular weight is 368 g/mol. The molecule has 1 N–H and O–H groups in total. The highest BCUT2D eigenvalue weighted by molar-refractivity contribution is 5.44. The van der Waals surface area contributed by atoms with E-state index >= 15 is 0 Å². The van der Waals surface area contributed by atoms with Gasteiger partial charge in [0.25, 0.3) is 0 Å². The molecule has 1 fully saturated rings. The van der Waals surface area contributed by atoms with Crippen LogP contribution in [0, 0.1) is 5.82 Å². The minimum absolute atomic E-state index is 0.270. The number of anilines is 2. The van der Waals surface area contributed by atoms with E-state index < -0.39 is 0 Å². The molecule has 0 aliphatic carbocycles. The molecule has 27 heavy (non-hydrogen) atoms. The molecule has 140 valence electrons. The molecule has 2 aromatic heterocycles. The fourth-order valence-electron chi connectivity index (χ4n) is 3.17. The van der Waals surface area contributed by atoms with Gasteiger partial charge in [0.05, 0.1) is 18.0 Å². The van der Waals surface area contributed by atoms with Crippen LogP contribution in [0.4, 0.5) is 16.2 Å². The van der Waals surface area contributed by atoms with Gasteiger partial charge >= 0.3 is 0 Å². The number of aliphatic hydroxyl groups is 1. The minimum atomic E-state index is -0.293. The smallest absolute Gasteiger partial charge is 0.227 e. The van der Waals surface area contributed by atoms with Gasteiger partial charge in [0, 0.05) is 44.6 Å². The van der Waals surface area contributed by atoms with Crippen LogP contribution < -0.4 is 9.80 Å². The van der Waals surface area contributed by atoms with E-state index in [1.54, 1.807) is 29.2 Å². The van der Waals surface area contributed by atoms with E-state index in [1.165, 1.54) is 12.1 Å². The second-order valence-electron chi connectivity index (χ2n) is 6.73. The van der Waals surface area contributed by atoms with Crippen LogP contribution >= 0.6 is 0 Å². The van der Waals surface area contributed by atoms with Crippen LogP contribution in [0.15, 0.2) is 48.9 Å².